The van der Waals surface area contributed by atoms with E-state index >= 15 is 0 Å². The van der Waals surface area contributed by atoms with Gasteiger partial charge in [-0.1, -0.05) is 0 Å². The van der Waals surface area contributed by atoms with Gasteiger partial charge in [-0.2, -0.15) is 0 Å². The molecule has 0 aromatic carbocycles. The summed E-state index contributed by atoms with van der Waals surface area (Å²) >= 11 is 0. The first-order valence-electron chi connectivity index (χ1n) is 18.5. The fourth-order valence-corrected chi connectivity index (χ4v) is 7.32. The zero-order valence-electron chi connectivity index (χ0n) is 31.3. The van der Waals surface area contributed by atoms with Crippen molar-refractivity contribution in [3.05, 3.63) is 0 Å². The minimum Gasteiger partial charge on any atom is -0.479 e. The quantitative estimate of drug-likeness (QED) is 0.0817. The third-order valence-corrected chi connectivity index (χ3v) is 10.6. The molecule has 0 radical (unpaired) electrons. The first-order chi connectivity index (χ1) is 27.7. The summed E-state index contributed by atoms with van der Waals surface area (Å²) in [6, 6.07) is -1.62. The maximum absolute atomic E-state index is 12.1. The van der Waals surface area contributed by atoms with Crippen molar-refractivity contribution in [2.24, 2.45) is 0 Å². The normalized spacial score (nSPS) is 50.9. The highest BCUT2D eigenvalue weighted by molar-refractivity contribution is 5.73. The molecule has 5 saturated heterocycles. The Labute approximate surface area is 333 Å². The summed E-state index contributed by atoms with van der Waals surface area (Å²) < 4.78 is 50.7. The number of carbonyl (C=O) groups is 2. The van der Waals surface area contributed by atoms with E-state index in [0.717, 1.165) is 6.92 Å². The van der Waals surface area contributed by atoms with E-state index in [9.17, 15) is 86.2 Å². The van der Waals surface area contributed by atoms with Crippen LogP contribution >= 0.6 is 0 Å². The molecular weight excluding hydrogens is 814 g/mol. The number of aliphatic carboxylic acids is 1. The van der Waals surface area contributed by atoms with E-state index in [-0.39, 0.29) is 0 Å². The molecule has 0 aromatic heterocycles. The van der Waals surface area contributed by atoms with Crippen molar-refractivity contribution in [2.75, 3.05) is 19.8 Å². The molecule has 0 aromatic rings. The highest BCUT2D eigenvalue weighted by Gasteiger charge is 2.58. The molecule has 5 heterocycles. The van der Waals surface area contributed by atoms with Gasteiger partial charge in [0.25, 0.3) is 0 Å². The van der Waals surface area contributed by atoms with Crippen LogP contribution in [0, 0.1) is 0 Å². The van der Waals surface area contributed by atoms with Crippen LogP contribution in [0.3, 0.4) is 0 Å². The lowest BCUT2D eigenvalue weighted by Gasteiger charge is -2.51. The number of nitrogens with one attached hydrogen (secondary N) is 1. The van der Waals surface area contributed by atoms with Gasteiger partial charge in [-0.25, -0.2) is 4.79 Å². The van der Waals surface area contributed by atoms with Gasteiger partial charge in [0.15, 0.2) is 37.6 Å². The van der Waals surface area contributed by atoms with Crippen LogP contribution in [0.1, 0.15) is 13.8 Å². The second kappa shape index (κ2) is 20.0. The van der Waals surface area contributed by atoms with Gasteiger partial charge < -0.3 is 125 Å². The van der Waals surface area contributed by atoms with Gasteiger partial charge in [-0.15, -0.1) is 0 Å². The Morgan fingerprint density at radius 2 is 0.932 bits per heavy atom. The van der Waals surface area contributed by atoms with E-state index in [1.54, 1.807) is 0 Å². The highest BCUT2D eigenvalue weighted by Crippen LogP contribution is 2.37. The van der Waals surface area contributed by atoms with Crippen molar-refractivity contribution in [1.29, 1.82) is 0 Å². The summed E-state index contributed by atoms with van der Waals surface area (Å²) in [5.41, 5.74) is 0. The second-order valence-corrected chi connectivity index (χ2v) is 14.7. The summed E-state index contributed by atoms with van der Waals surface area (Å²) in [6.45, 7) is -0.626. The number of rotatable bonds is 13. The zero-order valence-corrected chi connectivity index (χ0v) is 31.3. The van der Waals surface area contributed by atoms with E-state index in [1.165, 1.54) is 6.92 Å². The molecule has 16 N–H and O–H groups in total. The third kappa shape index (κ3) is 9.97. The van der Waals surface area contributed by atoms with Crippen LogP contribution in [-0.2, 0) is 52.2 Å². The number of aliphatic hydroxyl groups is 14. The molecule has 5 aliphatic rings. The summed E-state index contributed by atoms with van der Waals surface area (Å²) in [4.78, 5) is 23.8. The Hall–Kier alpha value is -1.98. The summed E-state index contributed by atoms with van der Waals surface area (Å²) in [7, 11) is 0. The van der Waals surface area contributed by atoms with Crippen LogP contribution in [0.15, 0.2) is 0 Å². The fraction of sp³-hybridized carbons (Fsp3) is 0.938. The molecule has 342 valence electrons. The molecule has 25 atom stereocenters. The smallest absolute Gasteiger partial charge is 0.335 e. The zero-order chi connectivity index (χ0) is 43.8. The molecule has 5 fully saturated rings. The van der Waals surface area contributed by atoms with Crippen molar-refractivity contribution in [1.82, 2.24) is 5.32 Å². The van der Waals surface area contributed by atoms with Gasteiger partial charge in [0.1, 0.15) is 110 Å². The van der Waals surface area contributed by atoms with Crippen LogP contribution in [0.2, 0.25) is 0 Å². The van der Waals surface area contributed by atoms with Crippen molar-refractivity contribution in [3.8, 4) is 0 Å². The monoisotopic (exact) mass is 867 g/mol. The molecule has 1 unspecified atom stereocenters. The average Bonchev–Trinajstić information content (AvgIpc) is 3.19. The van der Waals surface area contributed by atoms with E-state index in [2.05, 4.69) is 5.32 Å². The van der Waals surface area contributed by atoms with Crippen molar-refractivity contribution in [2.45, 2.75) is 167 Å². The summed E-state index contributed by atoms with van der Waals surface area (Å²) in [6.07, 6.45) is -47.0. The van der Waals surface area contributed by atoms with Gasteiger partial charge in [0.05, 0.1) is 25.9 Å². The van der Waals surface area contributed by atoms with E-state index < -0.39 is 185 Å². The molecule has 0 spiro atoms. The first kappa shape index (κ1) is 48.1. The molecule has 1 amide bonds. The topological polar surface area (TPSA) is 433 Å². The number of aliphatic hydroxyl groups excluding tert-OH is 14. The molecule has 59 heavy (non-hydrogen) atoms. The van der Waals surface area contributed by atoms with Gasteiger partial charge in [0, 0.05) is 6.92 Å². The lowest BCUT2D eigenvalue weighted by Crippen LogP contribution is -2.70. The number of carboxylic acids is 1. The number of amides is 1. The minimum atomic E-state index is -2.27. The van der Waals surface area contributed by atoms with Crippen LogP contribution in [0.25, 0.3) is 0 Å². The lowest BCUT2D eigenvalue weighted by molar-refractivity contribution is -0.405. The van der Waals surface area contributed by atoms with Crippen LogP contribution in [-0.4, -0.2) is 262 Å². The van der Waals surface area contributed by atoms with Crippen molar-refractivity contribution < 1.29 is 129 Å². The SMILES string of the molecule is CC(=O)N[C@H]1C(O)O[C@H](CO)[C@H](O)[C@@H]1O[C@@H]1O[C@H](CO)[C@H](O)[C@H](O[C@@H]2O[C@H](CO)[C@H](O)[C@H](O[C@@H]3O[C@H](C(=O)O)[C@@H](O)[C@H](O)[C@H]3O)[C@H]2O)[C@H]1O[C@@H]1O[C@@H](C)[C@@H](O)[C@@H](O)[C@@H]1O. The molecule has 0 bridgehead atoms. The fourth-order valence-electron chi connectivity index (χ4n) is 7.32. The largest absolute Gasteiger partial charge is 0.479 e. The van der Waals surface area contributed by atoms with Gasteiger partial charge >= 0.3 is 5.97 Å². The Morgan fingerprint density at radius 3 is 1.49 bits per heavy atom. The maximum Gasteiger partial charge on any atom is 0.335 e. The Balaban J connectivity index is 1.51. The van der Waals surface area contributed by atoms with E-state index in [1.807, 2.05) is 0 Å². The van der Waals surface area contributed by atoms with Gasteiger partial charge in [0.2, 0.25) is 5.91 Å². The molecule has 5 rings (SSSR count). The third-order valence-electron chi connectivity index (χ3n) is 10.6. The summed E-state index contributed by atoms with van der Waals surface area (Å²) in [5.74, 6) is -2.56. The molecule has 0 saturated carbocycles. The summed E-state index contributed by atoms with van der Waals surface area (Å²) in [5, 5.41) is 160. The number of ether oxygens (including phenoxy) is 9. The number of hydrogen-bond acceptors (Lipinski definition) is 25. The second-order valence-electron chi connectivity index (χ2n) is 14.7. The molecular formula is C32H53NO26. The molecule has 5 aliphatic heterocycles. The molecule has 27 heteroatoms. The first-order valence-corrected chi connectivity index (χ1v) is 18.5. The number of hydrogen-bond donors (Lipinski definition) is 16. The molecule has 27 nitrogen and oxygen atoms in total. The van der Waals surface area contributed by atoms with Crippen molar-refractivity contribution in [3.63, 3.8) is 0 Å². The Bertz CT molecular complexity index is 1390. The Kier molecular flexibility index (Phi) is 16.3. The minimum absolute atomic E-state index is 0.764. The number of carboxylic acid groups (broad SMARTS) is 1. The lowest BCUT2D eigenvalue weighted by atomic mass is 9.94. The molecule has 0 aliphatic carbocycles. The van der Waals surface area contributed by atoms with Crippen molar-refractivity contribution >= 4 is 11.9 Å². The van der Waals surface area contributed by atoms with E-state index in [0.29, 0.717) is 0 Å². The maximum atomic E-state index is 12.1. The standard InChI is InChI=1S/C32H53NO26/c1-6-12(38)16(42)19(45)29(51-6)59-26-24(15(41)10(5-36)54-32(26)55-22-11(33-7(2)37)28(50)52-8(3-34)13(22)39)57-31-21(47)23(14(40)9(4-35)53-31)56-30-20(46)17(43)18(44)25(58-30)27(48)49/h6,8-26,28-32,34-36,38-47,50H,3-5H2,1-2H3,(H,33,37)(H,48,49)/t6-,8+,9+,10+,11+,12+,13-,14-,15-,16+,17-,18-,19-,20+,21+,22+,23-,24-,25-,26+,28?,29-,30+,31-,32-/m0/s1. The van der Waals surface area contributed by atoms with Gasteiger partial charge in [-0.05, 0) is 6.92 Å². The Morgan fingerprint density at radius 1 is 0.492 bits per heavy atom. The predicted molar refractivity (Wildman–Crippen MR) is 177 cm³/mol. The van der Waals surface area contributed by atoms with Crippen LogP contribution in [0.5, 0.6) is 0 Å². The van der Waals surface area contributed by atoms with E-state index in [4.69, 9.17) is 42.6 Å². The van der Waals surface area contributed by atoms with Crippen LogP contribution < -0.4 is 5.32 Å². The van der Waals surface area contributed by atoms with Gasteiger partial charge in [-0.3, -0.25) is 4.79 Å². The highest BCUT2D eigenvalue weighted by atomic mass is 16.8. The number of carbonyl (C=O) groups excluding carboxylic acids is 1. The predicted octanol–water partition coefficient (Wildman–Crippen LogP) is -10.7. The average molecular weight is 868 g/mol. The van der Waals surface area contributed by atoms with Crippen LogP contribution in [0.4, 0.5) is 0 Å².